The molecule has 112 valence electrons. The number of carboxylic acids is 1. The molecule has 0 unspecified atom stereocenters. The molecule has 0 aromatic heterocycles. The van der Waals surface area contributed by atoms with E-state index in [1.807, 2.05) is 0 Å². The molecule has 2 aliphatic rings. The number of amides is 2. The highest BCUT2D eigenvalue weighted by Gasteiger charge is 2.35. The van der Waals surface area contributed by atoms with Crippen LogP contribution in [0.1, 0.15) is 32.1 Å². The number of carbonyl (C=O) groups excluding carboxylic acids is 2. The Labute approximate surface area is 117 Å². The second-order valence-corrected chi connectivity index (χ2v) is 5.22. The van der Waals surface area contributed by atoms with E-state index in [-0.39, 0.29) is 18.4 Å². The Morgan fingerprint density at radius 2 is 2.15 bits per heavy atom. The summed E-state index contributed by atoms with van der Waals surface area (Å²) in [6, 6.07) is -0.512. The highest BCUT2D eigenvalue weighted by atomic mass is 16.5. The number of likely N-dealkylation sites (tertiary alicyclic amines) is 1. The molecule has 0 bridgehead atoms. The second-order valence-electron chi connectivity index (χ2n) is 5.22. The van der Waals surface area contributed by atoms with Crippen molar-refractivity contribution in [3.8, 4) is 0 Å². The summed E-state index contributed by atoms with van der Waals surface area (Å²) in [4.78, 5) is 36.2. The van der Waals surface area contributed by atoms with Gasteiger partial charge in [-0.05, 0) is 19.3 Å². The molecule has 2 heterocycles. The SMILES string of the molecule is O=C(CN1CCCCCC1=O)N[C@H]1CCO[C@H]1C(=O)O. The fourth-order valence-corrected chi connectivity index (χ4v) is 2.61. The number of nitrogens with one attached hydrogen (secondary N) is 1. The van der Waals surface area contributed by atoms with Gasteiger partial charge in [-0.2, -0.15) is 0 Å². The van der Waals surface area contributed by atoms with Gasteiger partial charge in [-0.15, -0.1) is 0 Å². The van der Waals surface area contributed by atoms with Crippen molar-refractivity contribution in [2.75, 3.05) is 19.7 Å². The Kier molecular flexibility index (Phi) is 4.94. The first-order chi connectivity index (χ1) is 9.58. The molecule has 2 amide bonds. The molecular formula is C13H20N2O5. The molecule has 7 nitrogen and oxygen atoms in total. The molecule has 0 spiro atoms. The second kappa shape index (κ2) is 6.69. The van der Waals surface area contributed by atoms with E-state index < -0.39 is 18.1 Å². The summed E-state index contributed by atoms with van der Waals surface area (Å²) in [5.74, 6) is -1.39. The number of carbonyl (C=O) groups is 3. The van der Waals surface area contributed by atoms with Crippen LogP contribution in [-0.4, -0.2) is 59.6 Å². The van der Waals surface area contributed by atoms with Crippen molar-refractivity contribution in [1.29, 1.82) is 0 Å². The lowest BCUT2D eigenvalue weighted by molar-refractivity contribution is -0.148. The molecule has 0 saturated carbocycles. The third-order valence-corrected chi connectivity index (χ3v) is 3.69. The standard InChI is InChI=1S/C13H20N2O5/c16-10(8-15-6-3-1-2-4-11(15)17)14-9-5-7-20-12(9)13(18)19/h9,12H,1-8H2,(H,14,16)(H,18,19)/t9-,12+/m0/s1. The van der Waals surface area contributed by atoms with Gasteiger partial charge in [0.15, 0.2) is 6.10 Å². The smallest absolute Gasteiger partial charge is 0.334 e. The van der Waals surface area contributed by atoms with Crippen LogP contribution in [0.15, 0.2) is 0 Å². The highest BCUT2D eigenvalue weighted by molar-refractivity contribution is 5.85. The first kappa shape index (κ1) is 14.8. The molecule has 2 atom stereocenters. The summed E-state index contributed by atoms with van der Waals surface area (Å²) in [7, 11) is 0. The molecule has 0 aliphatic carbocycles. The number of nitrogens with zero attached hydrogens (tertiary/aromatic N) is 1. The van der Waals surface area contributed by atoms with Crippen molar-refractivity contribution in [3.05, 3.63) is 0 Å². The zero-order valence-corrected chi connectivity index (χ0v) is 11.3. The van der Waals surface area contributed by atoms with Crippen LogP contribution in [0.5, 0.6) is 0 Å². The summed E-state index contributed by atoms with van der Waals surface area (Å²) in [5.41, 5.74) is 0. The molecule has 2 fully saturated rings. The van der Waals surface area contributed by atoms with Gasteiger partial charge in [-0.1, -0.05) is 6.42 Å². The number of carboxylic acid groups (broad SMARTS) is 1. The van der Waals surface area contributed by atoms with Crippen molar-refractivity contribution >= 4 is 17.8 Å². The van der Waals surface area contributed by atoms with Crippen molar-refractivity contribution in [2.24, 2.45) is 0 Å². The van der Waals surface area contributed by atoms with Gasteiger partial charge < -0.3 is 20.1 Å². The van der Waals surface area contributed by atoms with Crippen molar-refractivity contribution in [2.45, 2.75) is 44.2 Å². The van der Waals surface area contributed by atoms with Crippen molar-refractivity contribution in [1.82, 2.24) is 10.2 Å². The zero-order valence-electron chi connectivity index (χ0n) is 11.3. The molecule has 7 heteroatoms. The lowest BCUT2D eigenvalue weighted by Gasteiger charge is -2.22. The summed E-state index contributed by atoms with van der Waals surface area (Å²) in [6.07, 6.45) is 2.76. The van der Waals surface area contributed by atoms with E-state index in [4.69, 9.17) is 9.84 Å². The monoisotopic (exact) mass is 284 g/mol. The van der Waals surface area contributed by atoms with Crippen LogP contribution < -0.4 is 5.32 Å². The maximum absolute atomic E-state index is 11.9. The number of aliphatic carboxylic acids is 1. The lowest BCUT2D eigenvalue weighted by Crippen LogP contribution is -2.48. The predicted molar refractivity (Wildman–Crippen MR) is 69.0 cm³/mol. The van der Waals surface area contributed by atoms with Crippen LogP contribution in [0.2, 0.25) is 0 Å². The average Bonchev–Trinajstić information content (AvgIpc) is 2.75. The fraction of sp³-hybridized carbons (Fsp3) is 0.769. The van der Waals surface area contributed by atoms with E-state index in [1.54, 1.807) is 4.90 Å². The van der Waals surface area contributed by atoms with Gasteiger partial charge in [0.05, 0.1) is 12.6 Å². The fourth-order valence-electron chi connectivity index (χ4n) is 2.61. The van der Waals surface area contributed by atoms with E-state index in [0.717, 1.165) is 19.3 Å². The third-order valence-electron chi connectivity index (χ3n) is 3.69. The van der Waals surface area contributed by atoms with Crippen LogP contribution in [0, 0.1) is 0 Å². The highest BCUT2D eigenvalue weighted by Crippen LogP contribution is 2.14. The van der Waals surface area contributed by atoms with Crippen molar-refractivity contribution in [3.63, 3.8) is 0 Å². The van der Waals surface area contributed by atoms with E-state index >= 15 is 0 Å². The Morgan fingerprint density at radius 1 is 1.35 bits per heavy atom. The van der Waals surface area contributed by atoms with Gasteiger partial charge in [0.25, 0.3) is 0 Å². The first-order valence-electron chi connectivity index (χ1n) is 6.99. The number of ether oxygens (including phenoxy) is 1. The minimum Gasteiger partial charge on any atom is -0.479 e. The number of hydrogen-bond donors (Lipinski definition) is 2. The zero-order chi connectivity index (χ0) is 14.5. The maximum Gasteiger partial charge on any atom is 0.334 e. The summed E-state index contributed by atoms with van der Waals surface area (Å²) in [5, 5.41) is 11.6. The van der Waals surface area contributed by atoms with Gasteiger partial charge >= 0.3 is 5.97 Å². The molecule has 2 rings (SSSR count). The molecule has 2 N–H and O–H groups in total. The topological polar surface area (TPSA) is 95.9 Å². The average molecular weight is 284 g/mol. The molecule has 20 heavy (non-hydrogen) atoms. The Morgan fingerprint density at radius 3 is 2.90 bits per heavy atom. The van der Waals surface area contributed by atoms with E-state index in [2.05, 4.69) is 5.32 Å². The Bertz CT molecular complexity index is 398. The van der Waals surface area contributed by atoms with Crippen LogP contribution >= 0.6 is 0 Å². The molecule has 0 aromatic carbocycles. The normalized spacial score (nSPS) is 27.2. The van der Waals surface area contributed by atoms with Gasteiger partial charge in [-0.3, -0.25) is 9.59 Å². The minimum atomic E-state index is -1.07. The molecule has 0 aromatic rings. The van der Waals surface area contributed by atoms with Gasteiger partial charge in [0.1, 0.15) is 0 Å². The molecule has 2 aliphatic heterocycles. The van der Waals surface area contributed by atoms with Gasteiger partial charge in [0.2, 0.25) is 11.8 Å². The molecule has 2 saturated heterocycles. The van der Waals surface area contributed by atoms with E-state index in [9.17, 15) is 14.4 Å². The Balaban J connectivity index is 1.85. The van der Waals surface area contributed by atoms with Crippen LogP contribution in [-0.2, 0) is 19.1 Å². The van der Waals surface area contributed by atoms with Gasteiger partial charge in [0, 0.05) is 19.6 Å². The van der Waals surface area contributed by atoms with Crippen LogP contribution in [0.3, 0.4) is 0 Å². The van der Waals surface area contributed by atoms with Crippen LogP contribution in [0.25, 0.3) is 0 Å². The number of hydrogen-bond acceptors (Lipinski definition) is 4. The van der Waals surface area contributed by atoms with Crippen LogP contribution in [0.4, 0.5) is 0 Å². The summed E-state index contributed by atoms with van der Waals surface area (Å²) in [6.45, 7) is 0.919. The largest absolute Gasteiger partial charge is 0.479 e. The van der Waals surface area contributed by atoms with Crippen molar-refractivity contribution < 1.29 is 24.2 Å². The minimum absolute atomic E-state index is 0.00166. The quantitative estimate of drug-likeness (QED) is 0.742. The molecule has 0 radical (unpaired) electrons. The van der Waals surface area contributed by atoms with E-state index in [0.29, 0.717) is 26.0 Å². The first-order valence-corrected chi connectivity index (χ1v) is 6.99. The summed E-state index contributed by atoms with van der Waals surface area (Å²) < 4.78 is 5.06. The Hall–Kier alpha value is -1.63. The third kappa shape index (κ3) is 3.69. The van der Waals surface area contributed by atoms with Gasteiger partial charge in [-0.25, -0.2) is 4.79 Å². The molecular weight excluding hydrogens is 264 g/mol. The predicted octanol–water partition coefficient (Wildman–Crippen LogP) is -0.253. The van der Waals surface area contributed by atoms with E-state index in [1.165, 1.54) is 0 Å². The number of rotatable bonds is 4. The summed E-state index contributed by atoms with van der Waals surface area (Å²) >= 11 is 0. The lowest BCUT2D eigenvalue weighted by atomic mass is 10.1. The maximum atomic E-state index is 11.9.